The molecule has 0 spiro atoms. The number of nitrogens with zero attached hydrogens (tertiary/aromatic N) is 4. The minimum atomic E-state index is 0.00994. The maximum atomic E-state index is 11.9. The number of carbonyl (C=O) groups is 1. The SMILES string of the molecule is CN(C)C(=O)CN=C(NC1CCCC1)N(C)Cc1cc(Br)cn1C. The van der Waals surface area contributed by atoms with Crippen molar-refractivity contribution < 1.29 is 4.79 Å². The molecule has 1 amide bonds. The molecule has 1 aromatic heterocycles. The third-order valence-corrected chi connectivity index (χ3v) is 4.82. The first-order valence-electron chi connectivity index (χ1n) is 8.40. The summed E-state index contributed by atoms with van der Waals surface area (Å²) in [5, 5.41) is 3.54. The number of hydrogen-bond acceptors (Lipinski definition) is 2. The molecule has 134 valence electrons. The Kier molecular flexibility index (Phi) is 6.71. The molecular formula is C17H28BrN5O. The van der Waals surface area contributed by atoms with Gasteiger partial charge < -0.3 is 19.7 Å². The van der Waals surface area contributed by atoms with Gasteiger partial charge in [0.2, 0.25) is 5.91 Å². The van der Waals surface area contributed by atoms with E-state index in [2.05, 4.69) is 41.8 Å². The third kappa shape index (κ3) is 5.26. The third-order valence-electron chi connectivity index (χ3n) is 4.39. The van der Waals surface area contributed by atoms with Gasteiger partial charge in [0.15, 0.2) is 5.96 Å². The monoisotopic (exact) mass is 397 g/mol. The lowest BCUT2D eigenvalue weighted by Crippen LogP contribution is -2.44. The number of likely N-dealkylation sites (N-methyl/N-ethyl adjacent to an activating group) is 1. The van der Waals surface area contributed by atoms with Crippen molar-refractivity contribution in [2.45, 2.75) is 38.3 Å². The molecule has 2 rings (SSSR count). The van der Waals surface area contributed by atoms with Crippen LogP contribution in [0.3, 0.4) is 0 Å². The molecule has 0 aromatic carbocycles. The molecule has 0 radical (unpaired) electrons. The van der Waals surface area contributed by atoms with E-state index in [4.69, 9.17) is 0 Å². The molecule has 1 aliphatic carbocycles. The molecule has 7 heteroatoms. The van der Waals surface area contributed by atoms with Gasteiger partial charge in [0.05, 0.1) is 6.54 Å². The van der Waals surface area contributed by atoms with Crippen molar-refractivity contribution in [3.05, 3.63) is 22.4 Å². The first kappa shape index (κ1) is 18.8. The summed E-state index contributed by atoms with van der Waals surface area (Å²) < 4.78 is 3.16. The van der Waals surface area contributed by atoms with Crippen LogP contribution in [0.1, 0.15) is 31.4 Å². The van der Waals surface area contributed by atoms with Gasteiger partial charge in [-0.25, -0.2) is 4.99 Å². The molecule has 0 aliphatic heterocycles. The minimum absolute atomic E-state index is 0.00994. The maximum Gasteiger partial charge on any atom is 0.243 e. The van der Waals surface area contributed by atoms with Gasteiger partial charge in [0, 0.05) is 50.6 Å². The van der Waals surface area contributed by atoms with E-state index >= 15 is 0 Å². The number of aromatic nitrogens is 1. The van der Waals surface area contributed by atoms with Gasteiger partial charge in [-0.2, -0.15) is 0 Å². The van der Waals surface area contributed by atoms with Gasteiger partial charge in [-0.05, 0) is 34.8 Å². The summed E-state index contributed by atoms with van der Waals surface area (Å²) in [7, 11) is 7.56. The average Bonchev–Trinajstić information content (AvgIpc) is 3.12. The minimum Gasteiger partial charge on any atom is -0.353 e. The Morgan fingerprint density at radius 2 is 2.04 bits per heavy atom. The fourth-order valence-corrected chi connectivity index (χ4v) is 3.43. The van der Waals surface area contributed by atoms with Crippen LogP contribution in [-0.2, 0) is 18.4 Å². The molecule has 0 saturated heterocycles. The number of nitrogens with one attached hydrogen (secondary N) is 1. The van der Waals surface area contributed by atoms with E-state index in [1.54, 1.807) is 19.0 Å². The summed E-state index contributed by atoms with van der Waals surface area (Å²) in [6.07, 6.45) is 6.90. The van der Waals surface area contributed by atoms with E-state index in [1.807, 2.05) is 20.3 Å². The van der Waals surface area contributed by atoms with E-state index in [0.29, 0.717) is 6.04 Å². The molecule has 1 fully saturated rings. The van der Waals surface area contributed by atoms with Crippen molar-refractivity contribution in [2.24, 2.45) is 12.0 Å². The van der Waals surface area contributed by atoms with Gasteiger partial charge in [0.1, 0.15) is 6.54 Å². The summed E-state index contributed by atoms with van der Waals surface area (Å²) in [4.78, 5) is 20.1. The van der Waals surface area contributed by atoms with Crippen LogP contribution < -0.4 is 5.32 Å². The predicted octanol–water partition coefficient (Wildman–Crippen LogP) is 2.20. The number of hydrogen-bond donors (Lipinski definition) is 1. The summed E-state index contributed by atoms with van der Waals surface area (Å²) >= 11 is 3.51. The Labute approximate surface area is 153 Å². The molecule has 0 bridgehead atoms. The van der Waals surface area contributed by atoms with Crippen LogP contribution in [-0.4, -0.2) is 60.0 Å². The molecule has 1 N–H and O–H groups in total. The largest absolute Gasteiger partial charge is 0.353 e. The van der Waals surface area contributed by atoms with Crippen molar-refractivity contribution in [1.29, 1.82) is 0 Å². The van der Waals surface area contributed by atoms with Crippen molar-refractivity contribution in [3.63, 3.8) is 0 Å². The highest BCUT2D eigenvalue weighted by Gasteiger charge is 2.19. The van der Waals surface area contributed by atoms with Gasteiger partial charge in [-0.3, -0.25) is 4.79 Å². The summed E-state index contributed by atoms with van der Waals surface area (Å²) in [6, 6.07) is 2.56. The fourth-order valence-electron chi connectivity index (χ4n) is 2.85. The normalized spacial score (nSPS) is 15.6. The standard InChI is InChI=1S/C17H28BrN5O/c1-21(2)16(24)10-19-17(20-14-7-5-6-8-14)23(4)12-15-9-13(18)11-22(15)3/h9,11,14H,5-8,10,12H2,1-4H3,(H,19,20). The zero-order chi connectivity index (χ0) is 17.7. The first-order valence-corrected chi connectivity index (χ1v) is 9.19. The lowest BCUT2D eigenvalue weighted by atomic mass is 10.2. The predicted molar refractivity (Wildman–Crippen MR) is 101 cm³/mol. The van der Waals surface area contributed by atoms with E-state index in [-0.39, 0.29) is 12.5 Å². The molecule has 1 aromatic rings. The van der Waals surface area contributed by atoms with Gasteiger partial charge >= 0.3 is 0 Å². The zero-order valence-electron chi connectivity index (χ0n) is 15.0. The molecule has 6 nitrogen and oxygen atoms in total. The number of amides is 1. The summed E-state index contributed by atoms with van der Waals surface area (Å²) in [6.45, 7) is 0.903. The van der Waals surface area contributed by atoms with Crippen LogP contribution in [0.15, 0.2) is 21.7 Å². The maximum absolute atomic E-state index is 11.9. The molecule has 1 saturated carbocycles. The second-order valence-corrected chi connectivity index (χ2v) is 7.59. The molecule has 0 atom stereocenters. The second-order valence-electron chi connectivity index (χ2n) is 6.67. The number of carbonyl (C=O) groups excluding carboxylic acids is 1. The topological polar surface area (TPSA) is 52.9 Å². The summed E-state index contributed by atoms with van der Waals surface area (Å²) in [5.41, 5.74) is 1.18. The smallest absolute Gasteiger partial charge is 0.243 e. The molecule has 0 unspecified atom stereocenters. The van der Waals surface area contributed by atoms with Crippen molar-refractivity contribution in [2.75, 3.05) is 27.7 Å². The molecule has 1 aliphatic rings. The second kappa shape index (κ2) is 8.55. The van der Waals surface area contributed by atoms with Gasteiger partial charge in [0.25, 0.3) is 0 Å². The highest BCUT2D eigenvalue weighted by atomic mass is 79.9. The molecule has 1 heterocycles. The van der Waals surface area contributed by atoms with Crippen LogP contribution in [0, 0.1) is 0 Å². The quantitative estimate of drug-likeness (QED) is 0.611. The Balaban J connectivity index is 2.08. The Hall–Kier alpha value is -1.50. The van der Waals surface area contributed by atoms with E-state index < -0.39 is 0 Å². The van der Waals surface area contributed by atoms with E-state index in [0.717, 1.165) is 17.0 Å². The Morgan fingerprint density at radius 3 is 2.58 bits per heavy atom. The molecule has 24 heavy (non-hydrogen) atoms. The Bertz CT molecular complexity index is 590. The number of aryl methyl sites for hydroxylation is 1. The summed E-state index contributed by atoms with van der Waals surface area (Å²) in [5.74, 6) is 0.810. The first-order chi connectivity index (χ1) is 11.4. The van der Waals surface area contributed by atoms with Crippen molar-refractivity contribution in [1.82, 2.24) is 19.7 Å². The van der Waals surface area contributed by atoms with Crippen molar-refractivity contribution in [3.8, 4) is 0 Å². The average molecular weight is 398 g/mol. The molecular weight excluding hydrogens is 370 g/mol. The van der Waals surface area contributed by atoms with Crippen LogP contribution in [0.2, 0.25) is 0 Å². The number of guanidine groups is 1. The van der Waals surface area contributed by atoms with Crippen LogP contribution in [0.5, 0.6) is 0 Å². The number of rotatable bonds is 5. The zero-order valence-corrected chi connectivity index (χ0v) is 16.6. The van der Waals surface area contributed by atoms with E-state index in [1.165, 1.54) is 31.4 Å². The van der Waals surface area contributed by atoms with Crippen molar-refractivity contribution >= 4 is 27.8 Å². The number of aliphatic imine (C=N–C) groups is 1. The van der Waals surface area contributed by atoms with E-state index in [9.17, 15) is 4.79 Å². The number of halogens is 1. The Morgan fingerprint density at radius 1 is 1.38 bits per heavy atom. The fraction of sp³-hybridized carbons (Fsp3) is 0.647. The highest BCUT2D eigenvalue weighted by molar-refractivity contribution is 9.10. The lowest BCUT2D eigenvalue weighted by molar-refractivity contribution is -0.127. The van der Waals surface area contributed by atoms with Crippen LogP contribution in [0.4, 0.5) is 0 Å². The van der Waals surface area contributed by atoms with Gasteiger partial charge in [-0.15, -0.1) is 0 Å². The van der Waals surface area contributed by atoms with Crippen LogP contribution in [0.25, 0.3) is 0 Å². The highest BCUT2D eigenvalue weighted by Crippen LogP contribution is 2.19. The van der Waals surface area contributed by atoms with Gasteiger partial charge in [-0.1, -0.05) is 12.8 Å². The lowest BCUT2D eigenvalue weighted by Gasteiger charge is -2.25. The van der Waals surface area contributed by atoms with Crippen LogP contribution >= 0.6 is 15.9 Å².